The molecule has 0 amide bonds. The Labute approximate surface area is 123 Å². The Hall–Kier alpha value is -0.653. The van der Waals surface area contributed by atoms with Crippen LogP contribution < -0.4 is 0 Å². The van der Waals surface area contributed by atoms with Gasteiger partial charge in [0.1, 0.15) is 8.07 Å². The standard InChI is InChI=1S/C15H24O3SSi/c1-5-6-12-14-15(18-14,20(2,3)4)19(16,17)13-10-8-7-9-11-13/h7-11,14H,5-6,12H2,1-4H3/t14-,15+/m1/s1. The molecule has 0 bridgehead atoms. The van der Waals surface area contributed by atoms with Crippen LogP contribution in [-0.2, 0) is 14.6 Å². The zero-order valence-electron chi connectivity index (χ0n) is 12.7. The zero-order valence-corrected chi connectivity index (χ0v) is 14.5. The molecule has 112 valence electrons. The molecule has 1 aromatic rings. The molecule has 0 aliphatic carbocycles. The van der Waals surface area contributed by atoms with Gasteiger partial charge in [0.25, 0.3) is 0 Å². The van der Waals surface area contributed by atoms with Crippen LogP contribution in [0, 0.1) is 0 Å². The fraction of sp³-hybridized carbons (Fsp3) is 0.600. The van der Waals surface area contributed by atoms with Crippen LogP contribution in [-0.4, -0.2) is 27.2 Å². The van der Waals surface area contributed by atoms with Crippen LogP contribution in [0.1, 0.15) is 26.2 Å². The lowest BCUT2D eigenvalue weighted by Gasteiger charge is -2.26. The highest BCUT2D eigenvalue weighted by Gasteiger charge is 2.72. The summed E-state index contributed by atoms with van der Waals surface area (Å²) < 4.78 is 31.0. The predicted molar refractivity (Wildman–Crippen MR) is 84.1 cm³/mol. The number of unbranched alkanes of at least 4 members (excludes halogenated alkanes) is 1. The number of rotatable bonds is 6. The van der Waals surface area contributed by atoms with E-state index in [1.807, 2.05) is 6.07 Å². The van der Waals surface area contributed by atoms with Gasteiger partial charge in [-0.25, -0.2) is 8.42 Å². The predicted octanol–water partition coefficient (Wildman–Crippen LogP) is 3.62. The van der Waals surface area contributed by atoms with E-state index in [4.69, 9.17) is 4.74 Å². The minimum Gasteiger partial charge on any atom is -0.353 e. The molecule has 5 heteroatoms. The third-order valence-corrected chi connectivity index (χ3v) is 11.2. The van der Waals surface area contributed by atoms with Gasteiger partial charge in [0, 0.05) is 0 Å². The summed E-state index contributed by atoms with van der Waals surface area (Å²) in [7, 11) is -5.44. The van der Waals surface area contributed by atoms with Crippen LogP contribution in [0.2, 0.25) is 19.6 Å². The molecule has 1 aliphatic rings. The summed E-state index contributed by atoms with van der Waals surface area (Å²) in [4.78, 5) is 0.390. The molecule has 1 fully saturated rings. The first-order valence-electron chi connectivity index (χ1n) is 7.25. The number of sulfone groups is 1. The minimum atomic E-state index is -3.43. The summed E-state index contributed by atoms with van der Waals surface area (Å²) in [6.07, 6.45) is 2.79. The van der Waals surface area contributed by atoms with E-state index in [0.717, 1.165) is 19.3 Å². The van der Waals surface area contributed by atoms with Crippen molar-refractivity contribution in [1.82, 2.24) is 0 Å². The van der Waals surface area contributed by atoms with E-state index in [1.54, 1.807) is 24.3 Å². The van der Waals surface area contributed by atoms with Crippen molar-refractivity contribution in [2.75, 3.05) is 0 Å². The van der Waals surface area contributed by atoms with Crippen molar-refractivity contribution in [2.45, 2.75) is 61.4 Å². The van der Waals surface area contributed by atoms with E-state index in [1.165, 1.54) is 0 Å². The minimum absolute atomic E-state index is 0.126. The van der Waals surface area contributed by atoms with E-state index >= 15 is 0 Å². The molecule has 0 radical (unpaired) electrons. The van der Waals surface area contributed by atoms with Crippen molar-refractivity contribution in [3.63, 3.8) is 0 Å². The van der Waals surface area contributed by atoms with E-state index in [9.17, 15) is 8.42 Å². The van der Waals surface area contributed by atoms with Crippen LogP contribution in [0.3, 0.4) is 0 Å². The average Bonchev–Trinajstić information content (AvgIpc) is 3.13. The summed E-state index contributed by atoms with van der Waals surface area (Å²) in [6, 6.07) is 8.73. The largest absolute Gasteiger partial charge is 0.353 e. The number of benzene rings is 1. The second-order valence-electron chi connectivity index (χ2n) is 6.48. The zero-order chi connectivity index (χ0) is 15.0. The molecular formula is C15H24O3SSi. The molecule has 0 saturated carbocycles. The average molecular weight is 313 g/mol. The first kappa shape index (κ1) is 15.7. The van der Waals surface area contributed by atoms with Crippen LogP contribution in [0.15, 0.2) is 35.2 Å². The quantitative estimate of drug-likeness (QED) is 0.595. The van der Waals surface area contributed by atoms with E-state index in [2.05, 4.69) is 26.6 Å². The van der Waals surface area contributed by atoms with E-state index < -0.39 is 22.5 Å². The molecule has 3 nitrogen and oxygen atoms in total. The summed E-state index contributed by atoms with van der Waals surface area (Å²) in [5.74, 6) is 0. The maximum Gasteiger partial charge on any atom is 0.207 e. The lowest BCUT2D eigenvalue weighted by atomic mass is 10.2. The van der Waals surface area contributed by atoms with Crippen LogP contribution in [0.4, 0.5) is 0 Å². The molecule has 0 N–H and O–H groups in total. The molecule has 1 heterocycles. The highest BCUT2D eigenvalue weighted by Crippen LogP contribution is 2.53. The molecule has 20 heavy (non-hydrogen) atoms. The molecule has 0 aromatic heterocycles. The number of ether oxygens (including phenoxy) is 1. The van der Waals surface area contributed by atoms with Gasteiger partial charge in [-0.05, 0) is 18.6 Å². The Balaban J connectivity index is 2.40. The molecule has 2 atom stereocenters. The van der Waals surface area contributed by atoms with Crippen molar-refractivity contribution in [1.29, 1.82) is 0 Å². The highest BCUT2D eigenvalue weighted by molar-refractivity contribution is 7.95. The number of hydrogen-bond acceptors (Lipinski definition) is 3. The first-order valence-corrected chi connectivity index (χ1v) is 12.2. The number of hydrogen-bond donors (Lipinski definition) is 0. The Morgan fingerprint density at radius 3 is 2.30 bits per heavy atom. The van der Waals surface area contributed by atoms with Crippen LogP contribution >= 0.6 is 0 Å². The van der Waals surface area contributed by atoms with E-state index in [-0.39, 0.29) is 6.10 Å². The Morgan fingerprint density at radius 1 is 1.20 bits per heavy atom. The van der Waals surface area contributed by atoms with Gasteiger partial charge < -0.3 is 4.74 Å². The molecule has 1 aliphatic heterocycles. The second kappa shape index (κ2) is 5.28. The van der Waals surface area contributed by atoms with Gasteiger partial charge in [0.05, 0.1) is 11.0 Å². The topological polar surface area (TPSA) is 46.7 Å². The molecule has 1 saturated heterocycles. The maximum atomic E-state index is 13.0. The van der Waals surface area contributed by atoms with Crippen molar-refractivity contribution in [3.8, 4) is 0 Å². The summed E-state index contributed by atoms with van der Waals surface area (Å²) in [5.41, 5.74) is 0. The second-order valence-corrected chi connectivity index (χ2v) is 14.2. The van der Waals surface area contributed by atoms with Gasteiger partial charge in [-0.2, -0.15) is 0 Å². The lowest BCUT2D eigenvalue weighted by molar-refractivity contribution is 0.364. The maximum absolute atomic E-state index is 13.0. The third kappa shape index (κ3) is 2.36. The molecule has 1 aromatic carbocycles. The van der Waals surface area contributed by atoms with Crippen molar-refractivity contribution < 1.29 is 13.2 Å². The molecular weight excluding hydrogens is 288 g/mol. The van der Waals surface area contributed by atoms with Gasteiger partial charge in [0.15, 0.2) is 4.56 Å². The fourth-order valence-corrected chi connectivity index (χ4v) is 9.65. The molecule has 0 unspecified atom stereocenters. The van der Waals surface area contributed by atoms with Gasteiger partial charge in [-0.3, -0.25) is 0 Å². The Bertz CT molecular complexity index is 563. The Kier molecular flexibility index (Phi) is 4.15. The number of epoxide rings is 1. The van der Waals surface area contributed by atoms with Crippen LogP contribution in [0.25, 0.3) is 0 Å². The summed E-state index contributed by atoms with van der Waals surface area (Å²) in [6.45, 7) is 8.36. The van der Waals surface area contributed by atoms with Gasteiger partial charge in [0.2, 0.25) is 9.84 Å². The highest BCUT2D eigenvalue weighted by atomic mass is 32.2. The van der Waals surface area contributed by atoms with Crippen molar-refractivity contribution in [3.05, 3.63) is 30.3 Å². The normalized spacial score (nSPS) is 26.5. The SMILES string of the molecule is CCCC[C@H]1O[C@]1([Si](C)(C)C)S(=O)(=O)c1ccccc1. The lowest BCUT2D eigenvalue weighted by Crippen LogP contribution is -2.49. The summed E-state index contributed by atoms with van der Waals surface area (Å²) in [5, 5.41) is 0. The molecule has 0 spiro atoms. The first-order chi connectivity index (χ1) is 9.27. The third-order valence-electron chi connectivity index (χ3n) is 4.00. The molecule has 2 rings (SSSR count). The van der Waals surface area contributed by atoms with Crippen molar-refractivity contribution >= 4 is 17.9 Å². The van der Waals surface area contributed by atoms with Gasteiger partial charge in [-0.15, -0.1) is 0 Å². The Morgan fingerprint density at radius 2 is 1.80 bits per heavy atom. The smallest absolute Gasteiger partial charge is 0.207 e. The van der Waals surface area contributed by atoms with E-state index in [0.29, 0.717) is 4.90 Å². The van der Waals surface area contributed by atoms with Gasteiger partial charge in [-0.1, -0.05) is 57.6 Å². The monoisotopic (exact) mass is 312 g/mol. The fourth-order valence-electron chi connectivity index (χ4n) is 2.89. The van der Waals surface area contributed by atoms with Crippen LogP contribution in [0.5, 0.6) is 0 Å². The van der Waals surface area contributed by atoms with Gasteiger partial charge >= 0.3 is 0 Å². The summed E-state index contributed by atoms with van der Waals surface area (Å²) >= 11 is 0. The van der Waals surface area contributed by atoms with Crippen molar-refractivity contribution in [2.24, 2.45) is 0 Å².